The summed E-state index contributed by atoms with van der Waals surface area (Å²) in [6, 6.07) is 9.10. The largest absolute Gasteiger partial charge is 0.378 e. The number of ether oxygens (including phenoxy) is 1. The van der Waals surface area contributed by atoms with Crippen LogP contribution in [-0.4, -0.2) is 52.0 Å². The average molecular weight is 509 g/mol. The molecule has 0 radical (unpaired) electrons. The van der Waals surface area contributed by atoms with Crippen LogP contribution in [0.15, 0.2) is 47.4 Å². The normalized spacial score (nSPS) is 13.7. The summed E-state index contributed by atoms with van der Waals surface area (Å²) in [5.74, 6) is -0.728. The van der Waals surface area contributed by atoms with Gasteiger partial charge >= 0.3 is 0 Å². The van der Waals surface area contributed by atoms with E-state index >= 15 is 0 Å². The number of halogens is 2. The molecule has 1 N–H and O–H groups in total. The first-order chi connectivity index (χ1) is 17.3. The molecule has 0 saturated carbocycles. The standard InChI is InChI=1S/C25H22ClFN6O3/c1-14-11-20-22(29-15(14)2)24(34)23(31-33(20)19-4-3-16(26)12-18(19)27)25(35)30-17-5-6-28-21(13-17)32-7-9-36-10-8-32/h3-6,11-13H,7-10H2,1-2H3,(H,28,30,35). The molecule has 36 heavy (non-hydrogen) atoms. The Morgan fingerprint density at radius 2 is 1.92 bits per heavy atom. The van der Waals surface area contributed by atoms with Crippen molar-refractivity contribution in [2.24, 2.45) is 0 Å². The zero-order chi connectivity index (χ0) is 25.4. The second kappa shape index (κ2) is 9.63. The zero-order valence-electron chi connectivity index (χ0n) is 19.6. The fourth-order valence-corrected chi connectivity index (χ4v) is 4.13. The molecule has 1 aliphatic heterocycles. The van der Waals surface area contributed by atoms with Crippen LogP contribution < -0.4 is 15.6 Å². The maximum atomic E-state index is 14.9. The molecule has 0 spiro atoms. The van der Waals surface area contributed by atoms with Gasteiger partial charge in [-0.25, -0.2) is 19.0 Å². The van der Waals surface area contributed by atoms with Gasteiger partial charge < -0.3 is 15.0 Å². The number of aromatic nitrogens is 4. The van der Waals surface area contributed by atoms with Gasteiger partial charge in [-0.05, 0) is 49.7 Å². The number of nitrogens with one attached hydrogen (secondary N) is 1. The van der Waals surface area contributed by atoms with Gasteiger partial charge in [0.15, 0.2) is 5.69 Å². The van der Waals surface area contributed by atoms with Gasteiger partial charge in [-0.15, -0.1) is 0 Å². The molecule has 3 aromatic heterocycles. The SMILES string of the molecule is Cc1cc2c(nc1C)c(=O)c(C(=O)Nc1ccnc(N3CCOCC3)c1)nn2-c1ccc(Cl)cc1F. The fourth-order valence-electron chi connectivity index (χ4n) is 3.97. The quantitative estimate of drug-likeness (QED) is 0.448. The summed E-state index contributed by atoms with van der Waals surface area (Å²) < 4.78 is 21.5. The van der Waals surface area contributed by atoms with E-state index in [4.69, 9.17) is 16.3 Å². The van der Waals surface area contributed by atoms with E-state index in [2.05, 4.69) is 20.4 Å². The highest BCUT2D eigenvalue weighted by atomic mass is 35.5. The van der Waals surface area contributed by atoms with Crippen molar-refractivity contribution >= 4 is 40.0 Å². The van der Waals surface area contributed by atoms with Crippen molar-refractivity contribution in [2.75, 3.05) is 36.5 Å². The number of pyridine rings is 2. The minimum Gasteiger partial charge on any atom is -0.378 e. The Labute approximate surface area is 210 Å². The van der Waals surface area contributed by atoms with Gasteiger partial charge in [-0.1, -0.05) is 11.6 Å². The second-order valence-corrected chi connectivity index (χ2v) is 8.84. The number of morpholine rings is 1. The minimum absolute atomic E-state index is 0.0105. The number of carbonyl (C=O) groups excluding carboxylic acids is 1. The van der Waals surface area contributed by atoms with Gasteiger partial charge in [-0.3, -0.25) is 9.59 Å². The average Bonchev–Trinajstić information content (AvgIpc) is 2.87. The molecule has 0 bridgehead atoms. The van der Waals surface area contributed by atoms with Gasteiger partial charge in [0, 0.05) is 41.8 Å². The summed E-state index contributed by atoms with van der Waals surface area (Å²) in [5, 5.41) is 7.19. The maximum absolute atomic E-state index is 14.9. The van der Waals surface area contributed by atoms with Crippen molar-refractivity contribution in [3.8, 4) is 5.69 Å². The number of rotatable bonds is 4. The number of aryl methyl sites for hydroxylation is 2. The number of fused-ring (bicyclic) bond motifs is 1. The highest BCUT2D eigenvalue weighted by Gasteiger charge is 2.22. The van der Waals surface area contributed by atoms with E-state index in [1.54, 1.807) is 31.3 Å². The molecule has 5 rings (SSSR count). The van der Waals surface area contributed by atoms with Crippen LogP contribution in [0.1, 0.15) is 21.7 Å². The lowest BCUT2D eigenvalue weighted by molar-refractivity contribution is 0.101. The van der Waals surface area contributed by atoms with Gasteiger partial charge in [0.25, 0.3) is 5.91 Å². The van der Waals surface area contributed by atoms with Crippen molar-refractivity contribution in [2.45, 2.75) is 13.8 Å². The molecule has 1 fully saturated rings. The van der Waals surface area contributed by atoms with E-state index in [0.29, 0.717) is 43.5 Å². The number of nitrogens with zero attached hydrogens (tertiary/aromatic N) is 5. The van der Waals surface area contributed by atoms with Crippen LogP contribution in [-0.2, 0) is 4.74 Å². The Bertz CT molecular complexity index is 1550. The third-order valence-electron chi connectivity index (χ3n) is 6.00. The summed E-state index contributed by atoms with van der Waals surface area (Å²) in [6.07, 6.45) is 1.57. The molecule has 0 unspecified atom stereocenters. The molecule has 1 aromatic carbocycles. The Kier molecular flexibility index (Phi) is 6.38. The first-order valence-electron chi connectivity index (χ1n) is 11.3. The van der Waals surface area contributed by atoms with E-state index in [1.807, 2.05) is 11.8 Å². The molecule has 0 atom stereocenters. The highest BCUT2D eigenvalue weighted by molar-refractivity contribution is 6.30. The fraction of sp³-hybridized carbons (Fsp3) is 0.240. The molecule has 1 amide bonds. The summed E-state index contributed by atoms with van der Waals surface area (Å²) in [4.78, 5) is 37.4. The van der Waals surface area contributed by atoms with Crippen molar-refractivity contribution in [3.05, 3.63) is 80.6 Å². The summed E-state index contributed by atoms with van der Waals surface area (Å²) in [5.41, 5.74) is 1.09. The van der Waals surface area contributed by atoms with E-state index in [0.717, 1.165) is 11.6 Å². The van der Waals surface area contributed by atoms with Crippen molar-refractivity contribution < 1.29 is 13.9 Å². The summed E-state index contributed by atoms with van der Waals surface area (Å²) >= 11 is 5.92. The Morgan fingerprint density at radius 1 is 1.14 bits per heavy atom. The third-order valence-corrected chi connectivity index (χ3v) is 6.23. The lowest BCUT2D eigenvalue weighted by atomic mass is 10.1. The van der Waals surface area contributed by atoms with Crippen LogP contribution in [0.3, 0.4) is 0 Å². The van der Waals surface area contributed by atoms with Gasteiger partial charge in [-0.2, -0.15) is 5.10 Å². The zero-order valence-corrected chi connectivity index (χ0v) is 20.3. The molecule has 0 aliphatic carbocycles. The van der Waals surface area contributed by atoms with Crippen LogP contribution in [0.25, 0.3) is 16.7 Å². The molecule has 1 saturated heterocycles. The number of benzene rings is 1. The number of amides is 1. The highest BCUT2D eigenvalue weighted by Crippen LogP contribution is 2.23. The predicted octanol–water partition coefficient (Wildman–Crippen LogP) is 3.67. The van der Waals surface area contributed by atoms with Gasteiger partial charge in [0.05, 0.1) is 18.7 Å². The summed E-state index contributed by atoms with van der Waals surface area (Å²) in [6.45, 7) is 6.12. The Balaban J connectivity index is 1.59. The van der Waals surface area contributed by atoms with Crippen LogP contribution in [0, 0.1) is 19.7 Å². The van der Waals surface area contributed by atoms with E-state index in [-0.39, 0.29) is 21.7 Å². The topological polar surface area (TPSA) is 102 Å². The first-order valence-corrected chi connectivity index (χ1v) is 11.7. The van der Waals surface area contributed by atoms with Crippen LogP contribution in [0.5, 0.6) is 0 Å². The lowest BCUT2D eigenvalue weighted by Gasteiger charge is -2.28. The monoisotopic (exact) mass is 508 g/mol. The van der Waals surface area contributed by atoms with Gasteiger partial charge in [0.2, 0.25) is 5.43 Å². The number of carbonyl (C=O) groups is 1. The molecule has 4 heterocycles. The molecule has 9 nitrogen and oxygen atoms in total. The molecule has 1 aliphatic rings. The van der Waals surface area contributed by atoms with E-state index in [9.17, 15) is 14.0 Å². The van der Waals surface area contributed by atoms with Crippen LogP contribution in [0.4, 0.5) is 15.9 Å². The smallest absolute Gasteiger partial charge is 0.280 e. The van der Waals surface area contributed by atoms with Crippen molar-refractivity contribution in [1.82, 2.24) is 19.7 Å². The predicted molar refractivity (Wildman–Crippen MR) is 135 cm³/mol. The van der Waals surface area contributed by atoms with Crippen molar-refractivity contribution in [3.63, 3.8) is 0 Å². The molecule has 4 aromatic rings. The van der Waals surface area contributed by atoms with Crippen LogP contribution >= 0.6 is 11.6 Å². The second-order valence-electron chi connectivity index (χ2n) is 8.40. The lowest BCUT2D eigenvalue weighted by Crippen LogP contribution is -2.36. The molecule has 11 heteroatoms. The Morgan fingerprint density at radius 3 is 2.67 bits per heavy atom. The van der Waals surface area contributed by atoms with Crippen molar-refractivity contribution in [1.29, 1.82) is 0 Å². The molecular formula is C25H22ClFN6O3. The van der Waals surface area contributed by atoms with Gasteiger partial charge in [0.1, 0.15) is 22.8 Å². The Hall–Kier alpha value is -3.89. The number of hydrogen-bond acceptors (Lipinski definition) is 7. The van der Waals surface area contributed by atoms with Crippen LogP contribution in [0.2, 0.25) is 5.02 Å². The molecular weight excluding hydrogens is 487 g/mol. The molecule has 184 valence electrons. The van der Waals surface area contributed by atoms with E-state index in [1.165, 1.54) is 16.8 Å². The third kappa shape index (κ3) is 4.52. The summed E-state index contributed by atoms with van der Waals surface area (Å²) in [7, 11) is 0. The maximum Gasteiger partial charge on any atom is 0.280 e. The first kappa shape index (κ1) is 23.8. The number of hydrogen-bond donors (Lipinski definition) is 1. The van der Waals surface area contributed by atoms with E-state index < -0.39 is 22.8 Å². The number of anilines is 2. The minimum atomic E-state index is -0.746.